The van der Waals surface area contributed by atoms with Crippen LogP contribution in [-0.2, 0) is 14.3 Å². The van der Waals surface area contributed by atoms with Crippen LogP contribution in [0.15, 0.2) is 65.7 Å². The number of Topliss-reactive ketones (excluding diaryl/α,β-unsaturated/α-hetero) is 2. The van der Waals surface area contributed by atoms with Crippen molar-refractivity contribution < 1.29 is 23.9 Å². The van der Waals surface area contributed by atoms with Crippen LogP contribution in [0.2, 0.25) is 0 Å². The van der Waals surface area contributed by atoms with Gasteiger partial charge in [-0.1, -0.05) is 60.2 Å². The molecule has 34 heavy (non-hydrogen) atoms. The van der Waals surface area contributed by atoms with Gasteiger partial charge >= 0.3 is 5.97 Å². The Labute approximate surface area is 201 Å². The molecular formula is C28H33NO5. The zero-order valence-corrected chi connectivity index (χ0v) is 20.6. The molecule has 0 bridgehead atoms. The monoisotopic (exact) mass is 463 g/mol. The Kier molecular flexibility index (Phi) is 9.48. The van der Waals surface area contributed by atoms with Gasteiger partial charge in [0.15, 0.2) is 11.6 Å². The molecule has 0 aromatic heterocycles. The van der Waals surface area contributed by atoms with Crippen molar-refractivity contribution in [1.82, 2.24) is 5.32 Å². The van der Waals surface area contributed by atoms with E-state index < -0.39 is 11.6 Å². The summed E-state index contributed by atoms with van der Waals surface area (Å²) >= 11 is 0. The third kappa shape index (κ3) is 8.10. The topological polar surface area (TPSA) is 89.5 Å². The standard InChI is InChI=1S/C21H25NO5.C7H8/c1-13-14(20(26)16-9-6-5-8-15(16)19(13)25)10-7-11-17(23)22-12-18(24)27-21(2,3)4;1-7-5-3-2-4-6-7/h5-6,8-9H,7,10-12H2,1-4H3,(H,22,23);2-6H,1H3. The summed E-state index contributed by atoms with van der Waals surface area (Å²) in [4.78, 5) is 48.5. The number of benzene rings is 2. The largest absolute Gasteiger partial charge is 0.459 e. The number of hydrogen-bond donors (Lipinski definition) is 1. The van der Waals surface area contributed by atoms with E-state index in [1.54, 1.807) is 52.0 Å². The van der Waals surface area contributed by atoms with E-state index in [1.807, 2.05) is 18.2 Å². The molecular weight excluding hydrogens is 430 g/mol. The quantitative estimate of drug-likeness (QED) is 0.609. The minimum Gasteiger partial charge on any atom is -0.459 e. The van der Waals surface area contributed by atoms with Gasteiger partial charge in [-0.2, -0.15) is 0 Å². The molecule has 0 heterocycles. The highest BCUT2D eigenvalue weighted by Crippen LogP contribution is 2.28. The van der Waals surface area contributed by atoms with Gasteiger partial charge in [0.1, 0.15) is 12.1 Å². The number of ether oxygens (including phenoxy) is 1. The molecule has 1 N–H and O–H groups in total. The van der Waals surface area contributed by atoms with Crippen molar-refractivity contribution in [2.24, 2.45) is 0 Å². The number of rotatable bonds is 6. The van der Waals surface area contributed by atoms with E-state index in [-0.39, 0.29) is 30.4 Å². The van der Waals surface area contributed by atoms with E-state index in [1.165, 1.54) is 5.56 Å². The van der Waals surface area contributed by atoms with E-state index in [0.29, 0.717) is 35.1 Å². The van der Waals surface area contributed by atoms with Gasteiger partial charge in [0.2, 0.25) is 5.91 Å². The molecule has 2 aromatic rings. The molecule has 0 fully saturated rings. The van der Waals surface area contributed by atoms with Crippen molar-refractivity contribution in [2.45, 2.75) is 59.5 Å². The summed E-state index contributed by atoms with van der Waals surface area (Å²) in [5, 5.41) is 2.51. The highest BCUT2D eigenvalue weighted by molar-refractivity contribution is 6.26. The van der Waals surface area contributed by atoms with Crippen LogP contribution in [0.4, 0.5) is 0 Å². The molecule has 0 aliphatic heterocycles. The molecule has 0 saturated heterocycles. The average molecular weight is 464 g/mol. The molecule has 0 spiro atoms. The first-order valence-electron chi connectivity index (χ1n) is 11.4. The zero-order valence-electron chi connectivity index (χ0n) is 20.6. The van der Waals surface area contributed by atoms with Crippen LogP contribution in [0.1, 0.15) is 73.2 Å². The third-order valence-corrected chi connectivity index (χ3v) is 5.10. The van der Waals surface area contributed by atoms with Crippen LogP contribution < -0.4 is 5.32 Å². The maximum absolute atomic E-state index is 12.6. The van der Waals surface area contributed by atoms with Gasteiger partial charge in [-0.15, -0.1) is 0 Å². The molecule has 0 unspecified atom stereocenters. The van der Waals surface area contributed by atoms with Gasteiger partial charge in [0.05, 0.1) is 0 Å². The summed E-state index contributed by atoms with van der Waals surface area (Å²) in [5.41, 5.74) is 2.46. The van der Waals surface area contributed by atoms with Crippen molar-refractivity contribution in [3.05, 3.63) is 82.4 Å². The van der Waals surface area contributed by atoms with Crippen molar-refractivity contribution in [2.75, 3.05) is 6.54 Å². The molecule has 3 rings (SSSR count). The molecule has 0 radical (unpaired) electrons. The molecule has 6 nitrogen and oxygen atoms in total. The van der Waals surface area contributed by atoms with Crippen molar-refractivity contribution in [3.63, 3.8) is 0 Å². The molecule has 1 aliphatic rings. The Balaban J connectivity index is 0.000000497. The molecule has 1 aliphatic carbocycles. The first kappa shape index (κ1) is 26.7. The van der Waals surface area contributed by atoms with Crippen molar-refractivity contribution in [3.8, 4) is 0 Å². The van der Waals surface area contributed by atoms with Crippen molar-refractivity contribution >= 4 is 23.4 Å². The Morgan fingerprint density at radius 2 is 1.41 bits per heavy atom. The second-order valence-corrected chi connectivity index (χ2v) is 9.18. The SMILES string of the molecule is CC1=C(CCCC(=O)NCC(=O)OC(C)(C)C)C(=O)c2ccccc2C1=O.Cc1ccccc1. The Bertz CT molecular complexity index is 1080. The summed E-state index contributed by atoms with van der Waals surface area (Å²) in [6.07, 6.45) is 0.904. The van der Waals surface area contributed by atoms with Gasteiger partial charge in [0, 0.05) is 28.7 Å². The summed E-state index contributed by atoms with van der Waals surface area (Å²) in [7, 11) is 0. The first-order valence-corrected chi connectivity index (χ1v) is 11.4. The van der Waals surface area contributed by atoms with E-state index >= 15 is 0 Å². The molecule has 2 aromatic carbocycles. The number of esters is 1. The van der Waals surface area contributed by atoms with Gasteiger partial charge in [0.25, 0.3) is 0 Å². The number of nitrogens with one attached hydrogen (secondary N) is 1. The summed E-state index contributed by atoms with van der Waals surface area (Å²) in [6.45, 7) is 8.80. The normalized spacial score (nSPS) is 13.0. The lowest BCUT2D eigenvalue weighted by Gasteiger charge is -2.19. The van der Waals surface area contributed by atoms with E-state index in [4.69, 9.17) is 4.74 Å². The predicted octanol–water partition coefficient (Wildman–Crippen LogP) is 5.01. The van der Waals surface area contributed by atoms with E-state index in [2.05, 4.69) is 24.4 Å². The average Bonchev–Trinajstić information content (AvgIpc) is 2.78. The highest BCUT2D eigenvalue weighted by atomic mass is 16.6. The lowest BCUT2D eigenvalue weighted by molar-refractivity contribution is -0.154. The minimum atomic E-state index is -0.601. The minimum absolute atomic E-state index is 0.144. The van der Waals surface area contributed by atoms with Crippen molar-refractivity contribution in [1.29, 1.82) is 0 Å². The van der Waals surface area contributed by atoms with Gasteiger partial charge in [-0.3, -0.25) is 19.2 Å². The number of hydrogen-bond acceptors (Lipinski definition) is 5. The Morgan fingerprint density at radius 3 is 1.94 bits per heavy atom. The van der Waals surface area contributed by atoms with Crippen LogP contribution in [0.3, 0.4) is 0 Å². The number of allylic oxidation sites excluding steroid dienone is 2. The highest BCUT2D eigenvalue weighted by Gasteiger charge is 2.29. The molecule has 0 atom stereocenters. The fourth-order valence-electron chi connectivity index (χ4n) is 3.45. The fourth-order valence-corrected chi connectivity index (χ4v) is 3.45. The van der Waals surface area contributed by atoms with Gasteiger partial charge in [-0.25, -0.2) is 0 Å². The lowest BCUT2D eigenvalue weighted by atomic mass is 9.83. The number of amides is 1. The Morgan fingerprint density at radius 1 is 0.853 bits per heavy atom. The number of aryl methyl sites for hydroxylation is 1. The molecule has 6 heteroatoms. The second kappa shape index (κ2) is 12.1. The molecule has 0 saturated carbocycles. The molecule has 1 amide bonds. The van der Waals surface area contributed by atoms with Crippen LogP contribution in [0.25, 0.3) is 0 Å². The number of carbonyl (C=O) groups excluding carboxylic acids is 4. The second-order valence-electron chi connectivity index (χ2n) is 9.18. The van der Waals surface area contributed by atoms with E-state index in [9.17, 15) is 19.2 Å². The summed E-state index contributed by atoms with van der Waals surface area (Å²) < 4.78 is 5.12. The van der Waals surface area contributed by atoms with Crippen LogP contribution in [0, 0.1) is 6.92 Å². The maximum atomic E-state index is 12.6. The maximum Gasteiger partial charge on any atom is 0.325 e. The Hall–Kier alpha value is -3.54. The first-order chi connectivity index (χ1) is 16.0. The smallest absolute Gasteiger partial charge is 0.325 e. The molecule has 180 valence electrons. The van der Waals surface area contributed by atoms with Gasteiger partial charge in [-0.05, 0) is 47.5 Å². The van der Waals surface area contributed by atoms with Crippen LogP contribution >= 0.6 is 0 Å². The summed E-state index contributed by atoms with van der Waals surface area (Å²) in [6, 6.07) is 17.0. The fraction of sp³-hybridized carbons (Fsp3) is 0.357. The van der Waals surface area contributed by atoms with Crippen LogP contribution in [0.5, 0.6) is 0 Å². The lowest BCUT2D eigenvalue weighted by Crippen LogP contribution is -2.34. The zero-order chi connectivity index (χ0) is 25.3. The van der Waals surface area contributed by atoms with E-state index in [0.717, 1.165) is 0 Å². The van der Waals surface area contributed by atoms with Crippen LogP contribution in [-0.4, -0.2) is 35.6 Å². The van der Waals surface area contributed by atoms with Gasteiger partial charge < -0.3 is 10.1 Å². The third-order valence-electron chi connectivity index (χ3n) is 5.10. The number of fused-ring (bicyclic) bond motifs is 1. The predicted molar refractivity (Wildman–Crippen MR) is 132 cm³/mol. The number of carbonyl (C=O) groups is 4. The summed E-state index contributed by atoms with van der Waals surface area (Å²) in [5.74, 6) is -1.10. The number of ketones is 2.